The van der Waals surface area contributed by atoms with Crippen molar-refractivity contribution in [3.8, 4) is 5.75 Å². The molecule has 2 aromatic rings. The fourth-order valence-electron chi connectivity index (χ4n) is 1.85. The van der Waals surface area contributed by atoms with Crippen molar-refractivity contribution in [2.24, 2.45) is 5.73 Å². The first-order valence-corrected chi connectivity index (χ1v) is 6.11. The molecule has 1 heterocycles. The molecule has 0 radical (unpaired) electrons. The van der Waals surface area contributed by atoms with Crippen LogP contribution >= 0.6 is 0 Å². The van der Waals surface area contributed by atoms with Crippen LogP contribution in [0.15, 0.2) is 41.0 Å². The second-order valence-corrected chi connectivity index (χ2v) is 4.68. The average molecular weight is 245 g/mol. The van der Waals surface area contributed by atoms with E-state index in [9.17, 15) is 0 Å². The number of rotatable bonds is 4. The van der Waals surface area contributed by atoms with Crippen LogP contribution in [0, 0.1) is 13.8 Å². The number of furan rings is 1. The van der Waals surface area contributed by atoms with E-state index in [0.717, 1.165) is 17.1 Å². The molecular formula is C15H19NO2. The highest BCUT2D eigenvalue weighted by Crippen LogP contribution is 2.27. The van der Waals surface area contributed by atoms with Gasteiger partial charge in [-0.15, -0.1) is 0 Å². The van der Waals surface area contributed by atoms with Gasteiger partial charge in [0, 0.05) is 6.04 Å². The topological polar surface area (TPSA) is 48.4 Å². The fraction of sp³-hybridized carbons (Fsp3) is 0.333. The third-order valence-electron chi connectivity index (χ3n) is 2.90. The van der Waals surface area contributed by atoms with Gasteiger partial charge in [-0.3, -0.25) is 0 Å². The normalized spacial score (nSPS) is 14.2. The Balaban J connectivity index is 2.27. The van der Waals surface area contributed by atoms with Gasteiger partial charge in [-0.2, -0.15) is 0 Å². The molecule has 0 fully saturated rings. The molecule has 0 saturated heterocycles. The van der Waals surface area contributed by atoms with Crippen molar-refractivity contribution in [3.63, 3.8) is 0 Å². The van der Waals surface area contributed by atoms with Crippen molar-refractivity contribution in [1.29, 1.82) is 0 Å². The molecule has 2 N–H and O–H groups in total. The van der Waals surface area contributed by atoms with Crippen molar-refractivity contribution < 1.29 is 9.15 Å². The minimum absolute atomic E-state index is 0.143. The van der Waals surface area contributed by atoms with Gasteiger partial charge in [-0.05, 0) is 50.1 Å². The summed E-state index contributed by atoms with van der Waals surface area (Å²) < 4.78 is 11.4. The number of ether oxygens (including phenoxy) is 1. The summed E-state index contributed by atoms with van der Waals surface area (Å²) >= 11 is 0. The smallest absolute Gasteiger partial charge is 0.171 e. The van der Waals surface area contributed by atoms with Crippen molar-refractivity contribution >= 4 is 0 Å². The van der Waals surface area contributed by atoms with Crippen LogP contribution in [-0.2, 0) is 0 Å². The predicted octanol–water partition coefficient (Wildman–Crippen LogP) is 3.36. The first-order chi connectivity index (χ1) is 8.58. The Kier molecular flexibility index (Phi) is 3.72. The van der Waals surface area contributed by atoms with Crippen molar-refractivity contribution in [3.05, 3.63) is 53.5 Å². The molecule has 2 unspecified atom stereocenters. The molecule has 0 spiro atoms. The van der Waals surface area contributed by atoms with Crippen molar-refractivity contribution in [2.75, 3.05) is 0 Å². The highest BCUT2D eigenvalue weighted by atomic mass is 16.5. The largest absolute Gasteiger partial charge is 0.481 e. The molecule has 2 rings (SSSR count). The van der Waals surface area contributed by atoms with Gasteiger partial charge in [0.25, 0.3) is 0 Å². The van der Waals surface area contributed by atoms with Gasteiger partial charge in [-0.25, -0.2) is 0 Å². The van der Waals surface area contributed by atoms with Crippen LogP contribution in [0.1, 0.15) is 29.9 Å². The molecule has 0 saturated carbocycles. The summed E-state index contributed by atoms with van der Waals surface area (Å²) in [5.74, 6) is 1.61. The second-order valence-electron chi connectivity index (χ2n) is 4.68. The molecule has 0 amide bonds. The van der Waals surface area contributed by atoms with Gasteiger partial charge in [0.05, 0.1) is 6.26 Å². The molecule has 18 heavy (non-hydrogen) atoms. The lowest BCUT2D eigenvalue weighted by Crippen LogP contribution is -2.28. The van der Waals surface area contributed by atoms with Gasteiger partial charge in [0.1, 0.15) is 11.5 Å². The average Bonchev–Trinajstić information content (AvgIpc) is 2.83. The lowest BCUT2D eigenvalue weighted by molar-refractivity contribution is 0.152. The number of benzene rings is 1. The van der Waals surface area contributed by atoms with Crippen LogP contribution in [0.4, 0.5) is 0 Å². The van der Waals surface area contributed by atoms with Crippen LogP contribution in [0.5, 0.6) is 5.75 Å². The Hall–Kier alpha value is -1.74. The van der Waals surface area contributed by atoms with Crippen LogP contribution in [-0.4, -0.2) is 6.04 Å². The Morgan fingerprint density at radius 2 is 2.00 bits per heavy atom. The summed E-state index contributed by atoms with van der Waals surface area (Å²) in [6.07, 6.45) is 1.37. The van der Waals surface area contributed by atoms with Crippen molar-refractivity contribution in [2.45, 2.75) is 32.9 Å². The molecule has 2 atom stereocenters. The van der Waals surface area contributed by atoms with Gasteiger partial charge < -0.3 is 14.9 Å². The van der Waals surface area contributed by atoms with Crippen LogP contribution in [0.3, 0.4) is 0 Å². The van der Waals surface area contributed by atoms with E-state index in [1.54, 1.807) is 6.26 Å². The van der Waals surface area contributed by atoms with E-state index < -0.39 is 0 Å². The first kappa shape index (κ1) is 12.7. The maximum Gasteiger partial charge on any atom is 0.171 e. The predicted molar refractivity (Wildman–Crippen MR) is 71.6 cm³/mol. The monoisotopic (exact) mass is 245 g/mol. The van der Waals surface area contributed by atoms with Crippen molar-refractivity contribution in [1.82, 2.24) is 0 Å². The standard InChI is InChI=1S/C15H19NO2/c1-10-6-7-11(2)14(9-10)18-15(12(3)16)13-5-4-8-17-13/h4-9,12,15H,16H2,1-3H3. The zero-order valence-corrected chi connectivity index (χ0v) is 11.0. The number of hydrogen-bond acceptors (Lipinski definition) is 3. The van der Waals surface area contributed by atoms with E-state index in [0.29, 0.717) is 0 Å². The third-order valence-corrected chi connectivity index (χ3v) is 2.90. The Morgan fingerprint density at radius 3 is 2.61 bits per heavy atom. The molecule has 0 aliphatic heterocycles. The van der Waals surface area contributed by atoms with Crippen LogP contribution < -0.4 is 10.5 Å². The number of nitrogens with two attached hydrogens (primary N) is 1. The van der Waals surface area contributed by atoms with E-state index >= 15 is 0 Å². The molecule has 0 bridgehead atoms. The molecular weight excluding hydrogens is 226 g/mol. The Labute approximate surface area is 108 Å². The lowest BCUT2D eigenvalue weighted by Gasteiger charge is -2.22. The van der Waals surface area contributed by atoms with Gasteiger partial charge >= 0.3 is 0 Å². The molecule has 3 nitrogen and oxygen atoms in total. The summed E-state index contributed by atoms with van der Waals surface area (Å²) in [5.41, 5.74) is 8.24. The highest BCUT2D eigenvalue weighted by molar-refractivity contribution is 5.36. The molecule has 96 valence electrons. The van der Waals surface area contributed by atoms with Gasteiger partial charge in [0.15, 0.2) is 6.10 Å². The summed E-state index contributed by atoms with van der Waals surface area (Å²) in [4.78, 5) is 0. The molecule has 0 aliphatic carbocycles. The minimum atomic E-state index is -0.263. The molecule has 0 aliphatic rings. The van der Waals surface area contributed by atoms with E-state index in [1.807, 2.05) is 45.0 Å². The zero-order valence-electron chi connectivity index (χ0n) is 11.0. The van der Waals surface area contributed by atoms with E-state index in [1.165, 1.54) is 5.56 Å². The van der Waals surface area contributed by atoms with Crippen LogP contribution in [0.2, 0.25) is 0 Å². The summed E-state index contributed by atoms with van der Waals surface area (Å²) in [5, 5.41) is 0. The fourth-order valence-corrected chi connectivity index (χ4v) is 1.85. The molecule has 3 heteroatoms. The minimum Gasteiger partial charge on any atom is -0.481 e. The summed E-state index contributed by atoms with van der Waals surface area (Å²) in [7, 11) is 0. The maximum absolute atomic E-state index is 6.01. The zero-order chi connectivity index (χ0) is 13.1. The third kappa shape index (κ3) is 2.74. The van der Waals surface area contributed by atoms with Crippen LogP contribution in [0.25, 0.3) is 0 Å². The lowest BCUT2D eigenvalue weighted by atomic mass is 10.1. The number of hydrogen-bond donors (Lipinski definition) is 1. The Morgan fingerprint density at radius 1 is 1.22 bits per heavy atom. The second kappa shape index (κ2) is 5.27. The maximum atomic E-state index is 6.01. The first-order valence-electron chi connectivity index (χ1n) is 6.11. The quantitative estimate of drug-likeness (QED) is 0.898. The number of aryl methyl sites for hydroxylation is 2. The molecule has 1 aromatic heterocycles. The highest BCUT2D eigenvalue weighted by Gasteiger charge is 2.21. The van der Waals surface area contributed by atoms with E-state index in [2.05, 4.69) is 6.07 Å². The summed E-state index contributed by atoms with van der Waals surface area (Å²) in [6, 6.07) is 9.72. The summed E-state index contributed by atoms with van der Waals surface area (Å²) in [6.45, 7) is 5.98. The van der Waals surface area contributed by atoms with Gasteiger partial charge in [-0.1, -0.05) is 12.1 Å². The van der Waals surface area contributed by atoms with E-state index in [-0.39, 0.29) is 12.1 Å². The van der Waals surface area contributed by atoms with E-state index in [4.69, 9.17) is 14.9 Å². The Bertz CT molecular complexity index is 503. The molecule has 1 aromatic carbocycles. The SMILES string of the molecule is Cc1ccc(C)c(OC(c2ccco2)C(C)N)c1. The van der Waals surface area contributed by atoms with Gasteiger partial charge in [0.2, 0.25) is 0 Å².